The zero-order chi connectivity index (χ0) is 25.3. The number of alkyl halides is 3. The number of aromatic nitrogens is 1. The Kier molecular flexibility index (Phi) is 6.77. The lowest BCUT2D eigenvalue weighted by molar-refractivity contribution is -0.271. The largest absolute Gasteiger partial charge is 0.481 e. The van der Waals surface area contributed by atoms with Crippen molar-refractivity contribution in [3.05, 3.63) is 59.8 Å². The first-order valence-electron chi connectivity index (χ1n) is 11.4. The molecule has 2 fully saturated rings. The van der Waals surface area contributed by atoms with Crippen molar-refractivity contribution >= 4 is 11.8 Å². The van der Waals surface area contributed by atoms with Crippen molar-refractivity contribution in [2.24, 2.45) is 5.41 Å². The lowest BCUT2D eigenvalue weighted by Crippen LogP contribution is -2.60. The summed E-state index contributed by atoms with van der Waals surface area (Å²) in [6.45, 7) is 0.502. The number of nitrogens with zero attached hydrogens (tertiary/aromatic N) is 2. The highest BCUT2D eigenvalue weighted by Gasteiger charge is 2.64. The number of piperidine rings is 2. The number of rotatable bonds is 5. The monoisotopic (exact) mass is 491 g/mol. The lowest BCUT2D eigenvalue weighted by Gasteiger charge is -2.50. The molecule has 4 rings (SSSR count). The molecular formula is C25H28F3N3O4. The molecule has 0 radical (unpaired) electrons. The maximum Gasteiger partial charge on any atom is 0.430 e. The van der Waals surface area contributed by atoms with E-state index in [0.29, 0.717) is 25.3 Å². The van der Waals surface area contributed by atoms with E-state index in [1.54, 1.807) is 18.3 Å². The number of halogens is 3. The number of hydrogen-bond donors (Lipinski definition) is 1. The third-order valence-electron chi connectivity index (χ3n) is 7.36. The second kappa shape index (κ2) is 9.49. The first-order valence-corrected chi connectivity index (χ1v) is 11.4. The third kappa shape index (κ3) is 4.24. The molecule has 1 aromatic heterocycles. The summed E-state index contributed by atoms with van der Waals surface area (Å²) in [5.74, 6) is -0.963. The fourth-order valence-corrected chi connectivity index (χ4v) is 5.52. The predicted molar refractivity (Wildman–Crippen MR) is 121 cm³/mol. The van der Waals surface area contributed by atoms with E-state index in [9.17, 15) is 22.8 Å². The predicted octanol–water partition coefficient (Wildman–Crippen LogP) is 3.41. The van der Waals surface area contributed by atoms with Crippen molar-refractivity contribution in [2.45, 2.75) is 37.0 Å². The fraction of sp³-hybridized carbons (Fsp3) is 0.480. The fourth-order valence-electron chi connectivity index (χ4n) is 5.52. The van der Waals surface area contributed by atoms with E-state index in [0.717, 1.165) is 12.7 Å². The number of benzene rings is 1. The van der Waals surface area contributed by atoms with Crippen LogP contribution in [0.2, 0.25) is 0 Å². The van der Waals surface area contributed by atoms with Crippen molar-refractivity contribution in [3.63, 3.8) is 0 Å². The van der Waals surface area contributed by atoms with E-state index < -0.39 is 23.1 Å². The zero-order valence-electron chi connectivity index (χ0n) is 19.6. The van der Waals surface area contributed by atoms with Gasteiger partial charge in [0.2, 0.25) is 11.8 Å². The molecule has 7 nitrogen and oxygen atoms in total. The van der Waals surface area contributed by atoms with Gasteiger partial charge < -0.3 is 19.7 Å². The second-order valence-electron chi connectivity index (χ2n) is 9.04. The van der Waals surface area contributed by atoms with Gasteiger partial charge in [0, 0.05) is 56.4 Å². The summed E-state index contributed by atoms with van der Waals surface area (Å²) in [5, 5.41) is 2.89. The van der Waals surface area contributed by atoms with Crippen molar-refractivity contribution in [3.8, 4) is 5.88 Å². The van der Waals surface area contributed by atoms with Gasteiger partial charge in [-0.3, -0.25) is 9.59 Å². The Hall–Kier alpha value is -3.14. The van der Waals surface area contributed by atoms with Gasteiger partial charge in [-0.05, 0) is 24.3 Å². The number of carbonyl (C=O) groups is 2. The van der Waals surface area contributed by atoms with Crippen LogP contribution < -0.4 is 10.1 Å². The maximum atomic E-state index is 14.4. The molecule has 0 saturated carbocycles. The molecule has 1 spiro atoms. The topological polar surface area (TPSA) is 80.8 Å². The van der Waals surface area contributed by atoms with Crippen LogP contribution in [0.4, 0.5) is 13.2 Å². The van der Waals surface area contributed by atoms with Crippen LogP contribution in [0, 0.1) is 5.41 Å². The minimum atomic E-state index is -4.97. The summed E-state index contributed by atoms with van der Waals surface area (Å²) in [4.78, 5) is 31.3. The molecule has 2 aliphatic heterocycles. The summed E-state index contributed by atoms with van der Waals surface area (Å²) >= 11 is 0. The van der Waals surface area contributed by atoms with Gasteiger partial charge in [-0.1, -0.05) is 36.4 Å². The molecule has 2 aliphatic rings. The minimum Gasteiger partial charge on any atom is -0.481 e. The van der Waals surface area contributed by atoms with E-state index in [1.165, 1.54) is 36.3 Å². The first-order chi connectivity index (χ1) is 16.7. The summed E-state index contributed by atoms with van der Waals surface area (Å²) in [6.07, 6.45) is -2.41. The van der Waals surface area contributed by atoms with Gasteiger partial charge in [-0.15, -0.1) is 0 Å². The number of nitrogens with one attached hydrogen (secondary N) is 1. The molecule has 10 heteroatoms. The summed E-state index contributed by atoms with van der Waals surface area (Å²) < 4.78 is 53.6. The summed E-state index contributed by atoms with van der Waals surface area (Å²) in [6, 6.07) is 10.6. The van der Waals surface area contributed by atoms with Crippen molar-refractivity contribution < 1.29 is 32.2 Å². The molecule has 1 N–H and O–H groups in total. The van der Waals surface area contributed by atoms with Crippen LogP contribution in [0.1, 0.15) is 36.3 Å². The Morgan fingerprint density at radius 2 is 1.80 bits per heavy atom. The molecule has 1 aromatic carbocycles. The number of methoxy groups -OCH3 is 2. The quantitative estimate of drug-likeness (QED) is 0.694. The number of carbonyl (C=O) groups excluding carboxylic acids is 2. The number of ether oxygens (including phenoxy) is 2. The van der Waals surface area contributed by atoms with Crippen molar-refractivity contribution in [1.82, 2.24) is 15.2 Å². The van der Waals surface area contributed by atoms with E-state index in [1.807, 2.05) is 6.07 Å². The van der Waals surface area contributed by atoms with Gasteiger partial charge >= 0.3 is 6.18 Å². The normalized spacial score (nSPS) is 21.8. The second-order valence-corrected chi connectivity index (χ2v) is 9.04. The van der Waals surface area contributed by atoms with Gasteiger partial charge in [0.05, 0.1) is 7.11 Å². The molecule has 2 amide bonds. The van der Waals surface area contributed by atoms with Crippen LogP contribution in [-0.2, 0) is 19.9 Å². The number of amides is 2. The molecule has 3 heterocycles. The molecule has 0 bridgehead atoms. The summed E-state index contributed by atoms with van der Waals surface area (Å²) in [7, 11) is 2.42. The van der Waals surface area contributed by atoms with Crippen LogP contribution in [0.3, 0.4) is 0 Å². The molecule has 1 unspecified atom stereocenters. The molecule has 0 aliphatic carbocycles. The number of likely N-dealkylation sites (tertiary alicyclic amines) is 1. The smallest absolute Gasteiger partial charge is 0.430 e. The lowest BCUT2D eigenvalue weighted by atomic mass is 9.62. The molecule has 2 saturated heterocycles. The standard InChI is InChI=1S/C25H28F3N3O4/c1-34-21-18(9-6-12-29-21)19-16-30-20(32)15-23(19)10-13-31(14-11-23)22(33)24(35-2,25(26,27)28)17-7-4-3-5-8-17/h3-9,12,19H,10-11,13-16H2,1-2H3,(H,30,32)/t19?,24-/m1/s1. The highest BCUT2D eigenvalue weighted by atomic mass is 19.4. The highest BCUT2D eigenvalue weighted by molar-refractivity contribution is 5.88. The average Bonchev–Trinajstić information content (AvgIpc) is 2.85. The Morgan fingerprint density at radius 3 is 2.40 bits per heavy atom. The van der Waals surface area contributed by atoms with Crippen LogP contribution in [0.15, 0.2) is 48.7 Å². The Labute approximate surface area is 201 Å². The SMILES string of the molecule is COc1ncccc1C1CNC(=O)CC12CCN(C(=O)[C@](OC)(c1ccccc1)C(F)(F)F)CC2. The molecule has 2 aromatic rings. The van der Waals surface area contributed by atoms with Gasteiger partial charge in [-0.25, -0.2) is 4.98 Å². The van der Waals surface area contributed by atoms with E-state index in [-0.39, 0.29) is 36.9 Å². The van der Waals surface area contributed by atoms with Crippen LogP contribution in [0.25, 0.3) is 0 Å². The average molecular weight is 492 g/mol. The zero-order valence-corrected chi connectivity index (χ0v) is 19.6. The van der Waals surface area contributed by atoms with Crippen LogP contribution >= 0.6 is 0 Å². The maximum absolute atomic E-state index is 14.4. The third-order valence-corrected chi connectivity index (χ3v) is 7.36. The van der Waals surface area contributed by atoms with Gasteiger partial charge in [-0.2, -0.15) is 13.2 Å². The van der Waals surface area contributed by atoms with Crippen LogP contribution in [-0.4, -0.2) is 61.7 Å². The molecular weight excluding hydrogens is 463 g/mol. The Morgan fingerprint density at radius 1 is 1.11 bits per heavy atom. The van der Waals surface area contributed by atoms with Crippen LogP contribution in [0.5, 0.6) is 5.88 Å². The molecule has 188 valence electrons. The Bertz CT molecular complexity index is 1070. The number of pyridine rings is 1. The van der Waals surface area contributed by atoms with Gasteiger partial charge in [0.25, 0.3) is 11.5 Å². The summed E-state index contributed by atoms with van der Waals surface area (Å²) in [5.41, 5.74) is -3.07. The molecule has 35 heavy (non-hydrogen) atoms. The van der Waals surface area contributed by atoms with E-state index in [4.69, 9.17) is 9.47 Å². The van der Waals surface area contributed by atoms with Gasteiger partial charge in [0.15, 0.2) is 0 Å². The van der Waals surface area contributed by atoms with Crippen molar-refractivity contribution in [2.75, 3.05) is 33.9 Å². The highest BCUT2D eigenvalue weighted by Crippen LogP contribution is 2.51. The number of hydrogen-bond acceptors (Lipinski definition) is 5. The van der Waals surface area contributed by atoms with E-state index in [2.05, 4.69) is 10.3 Å². The Balaban J connectivity index is 1.64. The van der Waals surface area contributed by atoms with E-state index >= 15 is 0 Å². The van der Waals surface area contributed by atoms with Gasteiger partial charge in [0.1, 0.15) is 0 Å². The van der Waals surface area contributed by atoms with Crippen molar-refractivity contribution in [1.29, 1.82) is 0 Å². The first kappa shape index (κ1) is 25.0. The minimum absolute atomic E-state index is 0.0687. The molecule has 2 atom stereocenters.